The minimum Gasteiger partial charge on any atom is -0.360 e. The van der Waals surface area contributed by atoms with Crippen molar-refractivity contribution in [3.8, 4) is 0 Å². The molecule has 0 aromatic carbocycles. The normalized spacial score (nSPS) is 40.5. The molecule has 0 aromatic rings. The Balaban J connectivity index is 1.90. The Morgan fingerprint density at radius 3 is 2.83 bits per heavy atom. The molecule has 2 rings (SSSR count). The highest BCUT2D eigenvalue weighted by molar-refractivity contribution is 8.00. The molecule has 2 aliphatic rings. The van der Waals surface area contributed by atoms with Crippen molar-refractivity contribution in [1.29, 1.82) is 0 Å². The predicted molar refractivity (Wildman–Crippen MR) is 52.4 cm³/mol. The number of hydrogen-bond acceptors (Lipinski definition) is 3. The predicted octanol–water partition coefficient (Wildman–Crippen LogP) is 1.61. The number of rotatable bonds is 1. The van der Waals surface area contributed by atoms with Crippen molar-refractivity contribution in [2.24, 2.45) is 0 Å². The summed E-state index contributed by atoms with van der Waals surface area (Å²) in [5.41, 5.74) is 0.188. The Hall–Kier alpha value is 0.270. The lowest BCUT2D eigenvalue weighted by Gasteiger charge is -2.20. The lowest BCUT2D eigenvalue weighted by atomic mass is 10.1. The first-order valence-electron chi connectivity index (χ1n) is 4.68. The third kappa shape index (κ3) is 1.78. The molecule has 0 amide bonds. The molecule has 2 saturated heterocycles. The molecule has 3 heteroatoms. The van der Waals surface area contributed by atoms with Gasteiger partial charge in [0.15, 0.2) is 0 Å². The van der Waals surface area contributed by atoms with Crippen molar-refractivity contribution in [2.75, 3.05) is 12.4 Å². The van der Waals surface area contributed by atoms with Gasteiger partial charge in [-0.2, -0.15) is 11.8 Å². The van der Waals surface area contributed by atoms with Crippen LogP contribution in [0, 0.1) is 0 Å². The molecule has 0 bridgehead atoms. The molecule has 12 heavy (non-hydrogen) atoms. The maximum atomic E-state index is 5.72. The van der Waals surface area contributed by atoms with E-state index in [-0.39, 0.29) is 5.54 Å². The van der Waals surface area contributed by atoms with Crippen LogP contribution in [0.5, 0.6) is 0 Å². The summed E-state index contributed by atoms with van der Waals surface area (Å²) in [4.78, 5) is 0. The second-order valence-electron chi connectivity index (χ2n) is 4.31. The third-order valence-electron chi connectivity index (χ3n) is 2.46. The summed E-state index contributed by atoms with van der Waals surface area (Å²) in [6.07, 6.45) is 2.99. The zero-order valence-electron chi connectivity index (χ0n) is 7.80. The minimum absolute atomic E-state index is 0.188. The molecule has 2 heterocycles. The molecule has 2 fully saturated rings. The number of nitrogens with one attached hydrogen (secondary N) is 1. The lowest BCUT2D eigenvalue weighted by Crippen LogP contribution is -2.42. The fraction of sp³-hybridized carbons (Fsp3) is 1.00. The minimum atomic E-state index is 0.188. The second-order valence-corrected chi connectivity index (χ2v) is 5.66. The summed E-state index contributed by atoms with van der Waals surface area (Å²) in [5, 5.41) is 4.23. The van der Waals surface area contributed by atoms with Gasteiger partial charge < -0.3 is 4.74 Å². The van der Waals surface area contributed by atoms with Gasteiger partial charge in [0.2, 0.25) is 0 Å². The number of thioether (sulfide) groups is 1. The summed E-state index contributed by atoms with van der Waals surface area (Å²) >= 11 is 2.05. The van der Waals surface area contributed by atoms with Crippen molar-refractivity contribution < 1.29 is 4.74 Å². The van der Waals surface area contributed by atoms with Crippen LogP contribution in [0.1, 0.15) is 26.7 Å². The van der Waals surface area contributed by atoms with Crippen molar-refractivity contribution in [3.05, 3.63) is 0 Å². The van der Waals surface area contributed by atoms with Crippen LogP contribution < -0.4 is 5.32 Å². The monoisotopic (exact) mass is 187 g/mol. The smallest absolute Gasteiger partial charge is 0.120 e. The molecule has 2 nitrogen and oxygen atoms in total. The zero-order chi connectivity index (χ0) is 8.60. The Bertz CT molecular complexity index is 166. The molecule has 0 radical (unpaired) electrons. The van der Waals surface area contributed by atoms with E-state index in [1.165, 1.54) is 18.6 Å². The summed E-state index contributed by atoms with van der Waals surface area (Å²) < 4.78 is 5.72. The van der Waals surface area contributed by atoms with Crippen LogP contribution in [0.25, 0.3) is 0 Å². The van der Waals surface area contributed by atoms with Crippen molar-refractivity contribution in [1.82, 2.24) is 5.32 Å². The Labute approximate surface area is 78.4 Å². The van der Waals surface area contributed by atoms with Crippen molar-refractivity contribution in [2.45, 2.75) is 43.7 Å². The number of ether oxygens (including phenoxy) is 1. The molecule has 0 saturated carbocycles. The standard InChI is InChI=1S/C9H17NOS/c1-9(2)6-11-8(10-9)7-4-3-5-12-7/h7-8,10H,3-6H2,1-2H3. The molecule has 2 unspecified atom stereocenters. The van der Waals surface area contributed by atoms with Gasteiger partial charge in [-0.05, 0) is 32.4 Å². The zero-order valence-corrected chi connectivity index (χ0v) is 8.62. The molecular weight excluding hydrogens is 170 g/mol. The van der Waals surface area contributed by atoms with Gasteiger partial charge in [-0.25, -0.2) is 0 Å². The highest BCUT2D eigenvalue weighted by atomic mass is 32.2. The van der Waals surface area contributed by atoms with Gasteiger partial charge in [-0.15, -0.1) is 0 Å². The van der Waals surface area contributed by atoms with Crippen LogP contribution in [0.2, 0.25) is 0 Å². The van der Waals surface area contributed by atoms with Gasteiger partial charge >= 0.3 is 0 Å². The van der Waals surface area contributed by atoms with Gasteiger partial charge in [-0.3, -0.25) is 5.32 Å². The van der Waals surface area contributed by atoms with E-state index in [1.807, 2.05) is 0 Å². The van der Waals surface area contributed by atoms with E-state index in [4.69, 9.17) is 4.74 Å². The quantitative estimate of drug-likeness (QED) is 0.674. The summed E-state index contributed by atoms with van der Waals surface area (Å²) in [6, 6.07) is 0. The van der Waals surface area contributed by atoms with Gasteiger partial charge in [-0.1, -0.05) is 0 Å². The van der Waals surface area contributed by atoms with Crippen LogP contribution in [0.15, 0.2) is 0 Å². The SMILES string of the molecule is CC1(C)COC(C2CCCS2)N1. The molecule has 1 N–H and O–H groups in total. The third-order valence-corrected chi connectivity index (χ3v) is 3.89. The molecule has 2 aliphatic heterocycles. The first-order chi connectivity index (χ1) is 5.67. The Kier molecular flexibility index (Phi) is 2.36. The van der Waals surface area contributed by atoms with Gasteiger partial charge in [0.1, 0.15) is 6.23 Å². The highest BCUT2D eigenvalue weighted by Gasteiger charge is 2.36. The fourth-order valence-electron chi connectivity index (χ4n) is 1.81. The van der Waals surface area contributed by atoms with Gasteiger partial charge in [0, 0.05) is 10.8 Å². The lowest BCUT2D eigenvalue weighted by molar-refractivity contribution is 0.0959. The van der Waals surface area contributed by atoms with E-state index in [0.717, 1.165) is 6.61 Å². The van der Waals surface area contributed by atoms with Crippen LogP contribution in [0.4, 0.5) is 0 Å². The summed E-state index contributed by atoms with van der Waals surface area (Å²) in [6.45, 7) is 5.26. The molecule has 0 aliphatic carbocycles. The largest absolute Gasteiger partial charge is 0.360 e. The van der Waals surface area contributed by atoms with E-state index in [1.54, 1.807) is 0 Å². The Morgan fingerprint density at radius 1 is 1.50 bits per heavy atom. The molecule has 0 aromatic heterocycles. The van der Waals surface area contributed by atoms with Gasteiger partial charge in [0.25, 0.3) is 0 Å². The summed E-state index contributed by atoms with van der Waals surface area (Å²) in [5.74, 6) is 1.31. The van der Waals surface area contributed by atoms with Crippen LogP contribution in [-0.2, 0) is 4.74 Å². The maximum absolute atomic E-state index is 5.72. The summed E-state index contributed by atoms with van der Waals surface area (Å²) in [7, 11) is 0. The second kappa shape index (κ2) is 3.20. The van der Waals surface area contributed by atoms with Crippen LogP contribution in [0.3, 0.4) is 0 Å². The average molecular weight is 187 g/mol. The van der Waals surface area contributed by atoms with E-state index >= 15 is 0 Å². The van der Waals surface area contributed by atoms with E-state index in [9.17, 15) is 0 Å². The van der Waals surface area contributed by atoms with Crippen molar-refractivity contribution >= 4 is 11.8 Å². The molecule has 0 spiro atoms. The number of hydrogen-bond donors (Lipinski definition) is 1. The van der Waals surface area contributed by atoms with E-state index in [2.05, 4.69) is 30.9 Å². The first-order valence-corrected chi connectivity index (χ1v) is 5.73. The van der Waals surface area contributed by atoms with Crippen molar-refractivity contribution in [3.63, 3.8) is 0 Å². The van der Waals surface area contributed by atoms with Crippen LogP contribution >= 0.6 is 11.8 Å². The molecule has 70 valence electrons. The average Bonchev–Trinajstić information content (AvgIpc) is 2.55. The van der Waals surface area contributed by atoms with E-state index < -0.39 is 0 Å². The molecular formula is C9H17NOS. The topological polar surface area (TPSA) is 21.3 Å². The first kappa shape index (κ1) is 8.85. The fourth-order valence-corrected chi connectivity index (χ4v) is 3.10. The highest BCUT2D eigenvalue weighted by Crippen LogP contribution is 2.32. The Morgan fingerprint density at radius 2 is 2.33 bits per heavy atom. The van der Waals surface area contributed by atoms with Gasteiger partial charge in [0.05, 0.1) is 6.61 Å². The van der Waals surface area contributed by atoms with Crippen LogP contribution in [-0.4, -0.2) is 29.4 Å². The maximum Gasteiger partial charge on any atom is 0.120 e. The molecule has 2 atom stereocenters. The van der Waals surface area contributed by atoms with E-state index in [0.29, 0.717) is 11.5 Å².